The monoisotopic (exact) mass is 263 g/mol. The molecule has 3 heteroatoms. The van der Waals surface area contributed by atoms with E-state index in [1.807, 2.05) is 11.7 Å². The summed E-state index contributed by atoms with van der Waals surface area (Å²) >= 11 is 0. The predicted octanol–water partition coefficient (Wildman–Crippen LogP) is 3.16. The molecule has 0 aliphatic heterocycles. The summed E-state index contributed by atoms with van der Waals surface area (Å²) in [4.78, 5) is 0. The molecule has 2 rings (SSSR count). The maximum Gasteiger partial charge on any atom is 0.0627 e. The van der Waals surface area contributed by atoms with E-state index in [9.17, 15) is 0 Å². The molecule has 2 atom stereocenters. The van der Waals surface area contributed by atoms with Crippen LogP contribution in [-0.2, 0) is 13.5 Å². The molecular formula is C16H29N3. The Morgan fingerprint density at radius 1 is 1.26 bits per heavy atom. The summed E-state index contributed by atoms with van der Waals surface area (Å²) in [5, 5.41) is 8.20. The lowest BCUT2D eigenvalue weighted by Crippen LogP contribution is -2.33. The Bertz CT molecular complexity index is 370. The Hall–Kier alpha value is -0.830. The molecule has 19 heavy (non-hydrogen) atoms. The average Bonchev–Trinajstić information content (AvgIpc) is 2.64. The van der Waals surface area contributed by atoms with E-state index in [2.05, 4.69) is 36.5 Å². The second kappa shape index (κ2) is 7.09. The Labute approximate surface area is 117 Å². The highest BCUT2D eigenvalue weighted by Crippen LogP contribution is 2.30. The third-order valence-electron chi connectivity index (χ3n) is 4.34. The van der Waals surface area contributed by atoms with Gasteiger partial charge in [-0.15, -0.1) is 0 Å². The van der Waals surface area contributed by atoms with Crippen molar-refractivity contribution in [2.75, 3.05) is 6.54 Å². The highest BCUT2D eigenvalue weighted by molar-refractivity contribution is 5.01. The van der Waals surface area contributed by atoms with Gasteiger partial charge < -0.3 is 5.32 Å². The van der Waals surface area contributed by atoms with Crippen LogP contribution in [0, 0.1) is 11.8 Å². The van der Waals surface area contributed by atoms with Crippen molar-refractivity contribution in [2.45, 2.75) is 58.4 Å². The van der Waals surface area contributed by atoms with E-state index in [-0.39, 0.29) is 0 Å². The van der Waals surface area contributed by atoms with E-state index in [1.165, 1.54) is 44.3 Å². The zero-order valence-electron chi connectivity index (χ0n) is 12.7. The van der Waals surface area contributed by atoms with Gasteiger partial charge in [0.25, 0.3) is 0 Å². The lowest BCUT2D eigenvalue weighted by molar-refractivity contribution is 0.289. The van der Waals surface area contributed by atoms with Gasteiger partial charge in [0.05, 0.1) is 5.69 Å². The van der Waals surface area contributed by atoms with Crippen LogP contribution in [0.2, 0.25) is 0 Å². The zero-order valence-corrected chi connectivity index (χ0v) is 12.7. The van der Waals surface area contributed by atoms with Crippen molar-refractivity contribution in [1.82, 2.24) is 15.1 Å². The Morgan fingerprint density at radius 2 is 2.00 bits per heavy atom. The minimum atomic E-state index is 0.596. The first-order valence-electron chi connectivity index (χ1n) is 7.87. The fourth-order valence-electron chi connectivity index (χ4n) is 3.23. The number of nitrogens with zero attached hydrogens (tertiary/aromatic N) is 2. The molecule has 0 spiro atoms. The lowest BCUT2D eigenvalue weighted by atomic mass is 9.84. The maximum absolute atomic E-state index is 4.56. The highest BCUT2D eigenvalue weighted by Gasteiger charge is 2.24. The molecule has 3 nitrogen and oxygen atoms in total. The standard InChI is InChI=1S/C16H29N3/c1-13(2)17-12-15-8-6-4-5-7-14(15)11-16-9-10-19(3)18-16/h9-10,13-15,17H,4-8,11-12H2,1-3H3. The van der Waals surface area contributed by atoms with E-state index >= 15 is 0 Å². The quantitative estimate of drug-likeness (QED) is 0.827. The van der Waals surface area contributed by atoms with Crippen LogP contribution in [0.4, 0.5) is 0 Å². The van der Waals surface area contributed by atoms with Crippen molar-refractivity contribution in [3.05, 3.63) is 18.0 Å². The summed E-state index contributed by atoms with van der Waals surface area (Å²) < 4.78 is 1.92. The van der Waals surface area contributed by atoms with Crippen molar-refractivity contribution in [3.63, 3.8) is 0 Å². The average molecular weight is 263 g/mol. The molecule has 108 valence electrons. The maximum atomic E-state index is 4.56. The summed E-state index contributed by atoms with van der Waals surface area (Å²) in [6, 6.07) is 2.77. The summed E-state index contributed by atoms with van der Waals surface area (Å²) in [5.41, 5.74) is 1.27. The molecule has 2 unspecified atom stereocenters. The molecule has 1 fully saturated rings. The molecular weight excluding hydrogens is 234 g/mol. The number of aryl methyl sites for hydroxylation is 1. The van der Waals surface area contributed by atoms with Crippen molar-refractivity contribution < 1.29 is 0 Å². The number of hydrogen-bond donors (Lipinski definition) is 1. The normalized spacial score (nSPS) is 24.6. The van der Waals surface area contributed by atoms with Crippen LogP contribution in [0.25, 0.3) is 0 Å². The van der Waals surface area contributed by atoms with E-state index in [4.69, 9.17) is 0 Å². The first kappa shape index (κ1) is 14.6. The smallest absolute Gasteiger partial charge is 0.0627 e. The SMILES string of the molecule is CC(C)NCC1CCCCCC1Cc1ccn(C)n1. The zero-order chi connectivity index (χ0) is 13.7. The largest absolute Gasteiger partial charge is 0.314 e. The van der Waals surface area contributed by atoms with Crippen molar-refractivity contribution >= 4 is 0 Å². The van der Waals surface area contributed by atoms with Gasteiger partial charge in [0.1, 0.15) is 0 Å². The lowest BCUT2D eigenvalue weighted by Gasteiger charge is -2.26. The number of nitrogens with one attached hydrogen (secondary N) is 1. The minimum Gasteiger partial charge on any atom is -0.314 e. The molecule has 1 aromatic heterocycles. The summed E-state index contributed by atoms with van der Waals surface area (Å²) in [5.74, 6) is 1.63. The first-order chi connectivity index (χ1) is 9.15. The van der Waals surface area contributed by atoms with Crippen LogP contribution in [0.5, 0.6) is 0 Å². The molecule has 0 aromatic carbocycles. The molecule has 0 saturated heterocycles. The number of rotatable bonds is 5. The highest BCUT2D eigenvalue weighted by atomic mass is 15.2. The third-order valence-corrected chi connectivity index (χ3v) is 4.34. The van der Waals surface area contributed by atoms with Crippen molar-refractivity contribution in [1.29, 1.82) is 0 Å². The van der Waals surface area contributed by atoms with E-state index in [0.717, 1.165) is 18.3 Å². The van der Waals surface area contributed by atoms with Gasteiger partial charge in [-0.1, -0.05) is 33.1 Å². The molecule has 1 heterocycles. The van der Waals surface area contributed by atoms with Crippen LogP contribution in [0.1, 0.15) is 51.6 Å². The van der Waals surface area contributed by atoms with Crippen LogP contribution >= 0.6 is 0 Å². The first-order valence-corrected chi connectivity index (χ1v) is 7.87. The topological polar surface area (TPSA) is 29.9 Å². The van der Waals surface area contributed by atoms with Crippen LogP contribution in [0.3, 0.4) is 0 Å². The van der Waals surface area contributed by atoms with Gasteiger partial charge >= 0.3 is 0 Å². The van der Waals surface area contributed by atoms with Crippen molar-refractivity contribution in [3.8, 4) is 0 Å². The predicted molar refractivity (Wildman–Crippen MR) is 80.1 cm³/mol. The van der Waals surface area contributed by atoms with Crippen LogP contribution in [0.15, 0.2) is 12.3 Å². The van der Waals surface area contributed by atoms with Gasteiger partial charge in [0.2, 0.25) is 0 Å². The molecule has 1 saturated carbocycles. The molecule has 1 N–H and O–H groups in total. The van der Waals surface area contributed by atoms with Crippen molar-refractivity contribution in [2.24, 2.45) is 18.9 Å². The Kier molecular flexibility index (Phi) is 5.44. The third kappa shape index (κ3) is 4.64. The van der Waals surface area contributed by atoms with E-state index in [0.29, 0.717) is 6.04 Å². The van der Waals surface area contributed by atoms with Gasteiger partial charge in [-0.25, -0.2) is 0 Å². The molecule has 1 aliphatic rings. The van der Waals surface area contributed by atoms with Gasteiger partial charge in [-0.3, -0.25) is 4.68 Å². The number of aromatic nitrogens is 2. The molecule has 0 bridgehead atoms. The molecule has 1 aromatic rings. The van der Waals surface area contributed by atoms with E-state index < -0.39 is 0 Å². The van der Waals surface area contributed by atoms with Gasteiger partial charge in [0.15, 0.2) is 0 Å². The molecule has 0 amide bonds. The Morgan fingerprint density at radius 3 is 2.63 bits per heavy atom. The Balaban J connectivity index is 1.95. The summed E-state index contributed by atoms with van der Waals surface area (Å²) in [6.07, 6.45) is 10.2. The summed E-state index contributed by atoms with van der Waals surface area (Å²) in [6.45, 7) is 5.66. The molecule has 0 radical (unpaired) electrons. The van der Waals surface area contributed by atoms with Gasteiger partial charge in [-0.05, 0) is 43.7 Å². The summed E-state index contributed by atoms with van der Waals surface area (Å²) in [7, 11) is 2.01. The minimum absolute atomic E-state index is 0.596. The van der Waals surface area contributed by atoms with Gasteiger partial charge in [0, 0.05) is 19.3 Å². The van der Waals surface area contributed by atoms with Gasteiger partial charge in [-0.2, -0.15) is 5.10 Å². The molecule has 1 aliphatic carbocycles. The van der Waals surface area contributed by atoms with Crippen LogP contribution in [-0.4, -0.2) is 22.4 Å². The fraction of sp³-hybridized carbons (Fsp3) is 0.812. The van der Waals surface area contributed by atoms with Crippen LogP contribution < -0.4 is 5.32 Å². The van der Waals surface area contributed by atoms with E-state index in [1.54, 1.807) is 0 Å². The number of hydrogen-bond acceptors (Lipinski definition) is 2. The fourth-order valence-corrected chi connectivity index (χ4v) is 3.23. The second-order valence-electron chi connectivity index (χ2n) is 6.41. The second-order valence-corrected chi connectivity index (χ2v) is 6.41.